The molecule has 0 aliphatic carbocycles. The molecule has 0 saturated heterocycles. The van der Waals surface area contributed by atoms with E-state index < -0.39 is 0 Å². The molecule has 1 aromatic carbocycles. The van der Waals surface area contributed by atoms with E-state index in [0.717, 1.165) is 21.0 Å². The van der Waals surface area contributed by atoms with E-state index in [2.05, 4.69) is 40.1 Å². The Bertz CT molecular complexity index is 473. The molecule has 0 aliphatic heterocycles. The minimum atomic E-state index is 0.825. The number of benzene rings is 1. The van der Waals surface area contributed by atoms with E-state index in [4.69, 9.17) is 0 Å². The molecule has 0 N–H and O–H groups in total. The zero-order valence-electron chi connectivity index (χ0n) is 7.00. The molecule has 0 aliphatic rings. The summed E-state index contributed by atoms with van der Waals surface area (Å²) in [7, 11) is 0. The smallest absolute Gasteiger partial charge is 0.151 e. The van der Waals surface area contributed by atoms with Gasteiger partial charge in [0.2, 0.25) is 0 Å². The standard InChI is InChI=1S/C10H7IOS/c1-6-4-9-7(2-3-13-9)10(11)8(6)5-12/h2-5H,1H3. The van der Waals surface area contributed by atoms with Gasteiger partial charge in [0.15, 0.2) is 6.29 Å². The summed E-state index contributed by atoms with van der Waals surface area (Å²) in [6, 6.07) is 4.14. The lowest BCUT2D eigenvalue weighted by atomic mass is 10.1. The van der Waals surface area contributed by atoms with Gasteiger partial charge >= 0.3 is 0 Å². The van der Waals surface area contributed by atoms with Crippen molar-refractivity contribution in [1.29, 1.82) is 0 Å². The Morgan fingerprint density at radius 1 is 1.54 bits per heavy atom. The summed E-state index contributed by atoms with van der Waals surface area (Å²) in [4.78, 5) is 10.8. The first kappa shape index (κ1) is 9.15. The van der Waals surface area contributed by atoms with Crippen molar-refractivity contribution in [1.82, 2.24) is 0 Å². The van der Waals surface area contributed by atoms with E-state index in [1.54, 1.807) is 11.3 Å². The van der Waals surface area contributed by atoms with Crippen LogP contribution in [0.3, 0.4) is 0 Å². The largest absolute Gasteiger partial charge is 0.298 e. The summed E-state index contributed by atoms with van der Waals surface area (Å²) < 4.78 is 2.33. The maximum Gasteiger partial charge on any atom is 0.151 e. The molecule has 0 radical (unpaired) electrons. The molecule has 1 nitrogen and oxygen atoms in total. The highest BCUT2D eigenvalue weighted by molar-refractivity contribution is 14.1. The van der Waals surface area contributed by atoms with E-state index in [9.17, 15) is 4.79 Å². The Morgan fingerprint density at radius 2 is 2.31 bits per heavy atom. The number of hydrogen-bond acceptors (Lipinski definition) is 2. The molecule has 1 aromatic heterocycles. The Labute approximate surface area is 93.9 Å². The summed E-state index contributed by atoms with van der Waals surface area (Å²) in [5.74, 6) is 0. The first-order chi connectivity index (χ1) is 6.24. The van der Waals surface area contributed by atoms with Crippen LogP contribution in [0, 0.1) is 10.5 Å². The third kappa shape index (κ3) is 1.40. The summed E-state index contributed by atoms with van der Waals surface area (Å²) in [6.45, 7) is 1.98. The van der Waals surface area contributed by atoms with Crippen LogP contribution < -0.4 is 0 Å². The fraction of sp³-hybridized carbons (Fsp3) is 0.100. The maximum absolute atomic E-state index is 10.8. The van der Waals surface area contributed by atoms with Gasteiger partial charge in [-0.2, -0.15) is 0 Å². The van der Waals surface area contributed by atoms with Gasteiger partial charge in [0.1, 0.15) is 0 Å². The van der Waals surface area contributed by atoms with E-state index in [-0.39, 0.29) is 0 Å². The van der Waals surface area contributed by atoms with Crippen molar-refractivity contribution >= 4 is 50.3 Å². The maximum atomic E-state index is 10.8. The van der Waals surface area contributed by atoms with Crippen LogP contribution in [0.4, 0.5) is 0 Å². The van der Waals surface area contributed by atoms with Gasteiger partial charge in [-0.15, -0.1) is 11.3 Å². The van der Waals surface area contributed by atoms with Gasteiger partial charge in [0.05, 0.1) is 0 Å². The van der Waals surface area contributed by atoms with Crippen molar-refractivity contribution < 1.29 is 4.79 Å². The van der Waals surface area contributed by atoms with Crippen LogP contribution in [0.5, 0.6) is 0 Å². The van der Waals surface area contributed by atoms with Gasteiger partial charge < -0.3 is 0 Å². The van der Waals surface area contributed by atoms with Crippen LogP contribution in [-0.4, -0.2) is 6.29 Å². The predicted octanol–water partition coefficient (Wildman–Crippen LogP) is 3.63. The molecule has 0 spiro atoms. The van der Waals surface area contributed by atoms with Crippen LogP contribution in [0.2, 0.25) is 0 Å². The fourth-order valence-electron chi connectivity index (χ4n) is 1.35. The normalized spacial score (nSPS) is 10.6. The van der Waals surface area contributed by atoms with E-state index in [1.165, 1.54) is 10.1 Å². The molecule has 0 bridgehead atoms. The van der Waals surface area contributed by atoms with Crippen molar-refractivity contribution in [3.05, 3.63) is 32.2 Å². The number of halogens is 1. The number of thiophene rings is 1. The van der Waals surface area contributed by atoms with Crippen LogP contribution in [0.15, 0.2) is 17.5 Å². The first-order valence-electron chi connectivity index (χ1n) is 3.85. The predicted molar refractivity (Wildman–Crippen MR) is 64.7 cm³/mol. The average Bonchev–Trinajstić information content (AvgIpc) is 2.53. The Balaban J connectivity index is 2.92. The SMILES string of the molecule is Cc1cc2sccc2c(I)c1C=O. The molecule has 0 unspecified atom stereocenters. The number of carbonyl (C=O) groups excluding carboxylic acids is 1. The van der Waals surface area contributed by atoms with E-state index in [1.807, 2.05) is 6.92 Å². The van der Waals surface area contributed by atoms with Crippen LogP contribution in [0.25, 0.3) is 10.1 Å². The second-order valence-corrected chi connectivity index (χ2v) is 4.90. The van der Waals surface area contributed by atoms with Crippen molar-refractivity contribution in [3.8, 4) is 0 Å². The third-order valence-corrected chi connectivity index (χ3v) is 4.08. The summed E-state index contributed by atoms with van der Waals surface area (Å²) >= 11 is 3.95. The Hall–Kier alpha value is -0.420. The third-order valence-electron chi connectivity index (χ3n) is 2.06. The molecule has 3 heteroatoms. The van der Waals surface area contributed by atoms with Gasteiger partial charge in [0.25, 0.3) is 0 Å². The highest BCUT2D eigenvalue weighted by Gasteiger charge is 2.08. The molecular weight excluding hydrogens is 295 g/mol. The van der Waals surface area contributed by atoms with E-state index in [0.29, 0.717) is 0 Å². The molecule has 1 heterocycles. The van der Waals surface area contributed by atoms with Crippen LogP contribution >= 0.6 is 33.9 Å². The molecular formula is C10H7IOS. The number of carbonyl (C=O) groups is 1. The van der Waals surface area contributed by atoms with Crippen molar-refractivity contribution in [3.63, 3.8) is 0 Å². The summed E-state index contributed by atoms with van der Waals surface area (Å²) in [5.41, 5.74) is 1.89. The number of aryl methyl sites for hydroxylation is 1. The zero-order chi connectivity index (χ0) is 9.42. The molecule has 2 rings (SSSR count). The van der Waals surface area contributed by atoms with Gasteiger partial charge in [-0.3, -0.25) is 4.79 Å². The molecule has 66 valence electrons. The van der Waals surface area contributed by atoms with Crippen LogP contribution in [0.1, 0.15) is 15.9 Å². The second kappa shape index (κ2) is 3.38. The number of rotatable bonds is 1. The molecule has 0 fully saturated rings. The number of aldehydes is 1. The summed E-state index contributed by atoms with van der Waals surface area (Å²) in [5, 5.41) is 3.25. The van der Waals surface area contributed by atoms with Crippen molar-refractivity contribution in [2.45, 2.75) is 6.92 Å². The molecule has 13 heavy (non-hydrogen) atoms. The van der Waals surface area contributed by atoms with E-state index >= 15 is 0 Å². The Kier molecular flexibility index (Phi) is 2.38. The highest BCUT2D eigenvalue weighted by atomic mass is 127. The minimum absolute atomic E-state index is 0.825. The van der Waals surface area contributed by atoms with Gasteiger partial charge in [-0.1, -0.05) is 0 Å². The summed E-state index contributed by atoms with van der Waals surface area (Å²) in [6.07, 6.45) is 0.939. The number of fused-ring (bicyclic) bond motifs is 1. The minimum Gasteiger partial charge on any atom is -0.298 e. The lowest BCUT2D eigenvalue weighted by Crippen LogP contribution is -1.90. The van der Waals surface area contributed by atoms with Gasteiger partial charge in [0, 0.05) is 19.2 Å². The topological polar surface area (TPSA) is 17.1 Å². The van der Waals surface area contributed by atoms with Crippen molar-refractivity contribution in [2.24, 2.45) is 0 Å². The zero-order valence-corrected chi connectivity index (χ0v) is 9.98. The van der Waals surface area contributed by atoms with Gasteiger partial charge in [-0.25, -0.2) is 0 Å². The fourth-order valence-corrected chi connectivity index (χ4v) is 3.45. The molecule has 0 atom stereocenters. The molecule has 0 saturated carbocycles. The second-order valence-electron chi connectivity index (χ2n) is 2.87. The Morgan fingerprint density at radius 3 is 3.00 bits per heavy atom. The van der Waals surface area contributed by atoms with Crippen molar-refractivity contribution in [2.75, 3.05) is 0 Å². The highest BCUT2D eigenvalue weighted by Crippen LogP contribution is 2.29. The quantitative estimate of drug-likeness (QED) is 0.581. The lowest BCUT2D eigenvalue weighted by molar-refractivity contribution is 0.112. The van der Waals surface area contributed by atoms with Gasteiger partial charge in [-0.05, 0) is 52.6 Å². The lowest BCUT2D eigenvalue weighted by Gasteiger charge is -2.02. The average molecular weight is 302 g/mol. The first-order valence-corrected chi connectivity index (χ1v) is 5.81. The van der Waals surface area contributed by atoms with Crippen LogP contribution in [-0.2, 0) is 0 Å². The molecule has 0 amide bonds. The number of hydrogen-bond donors (Lipinski definition) is 0. The monoisotopic (exact) mass is 302 g/mol. The molecule has 2 aromatic rings.